The summed E-state index contributed by atoms with van der Waals surface area (Å²) < 4.78 is 0. The number of nitrogens with zero attached hydrogens (tertiary/aromatic N) is 4. The fourth-order valence-corrected chi connectivity index (χ4v) is 11.5. The first-order chi connectivity index (χ1) is 31.8. The van der Waals surface area contributed by atoms with Crippen LogP contribution in [0.2, 0.25) is 0 Å². The first-order valence-corrected chi connectivity index (χ1v) is 22.0. The van der Waals surface area contributed by atoms with E-state index < -0.39 is 10.8 Å². The maximum atomic E-state index is 4.60. The Kier molecular flexibility index (Phi) is 8.00. The van der Waals surface area contributed by atoms with Gasteiger partial charge < -0.3 is 9.80 Å². The van der Waals surface area contributed by atoms with Crippen LogP contribution in [-0.4, -0.2) is 9.97 Å². The molecule has 0 saturated heterocycles. The highest BCUT2D eigenvalue weighted by molar-refractivity contribution is 5.96. The maximum Gasteiger partial charge on any atom is 0.0748 e. The standard InChI is InChI=1S/C60H40N4/c1-2-17-41(18-3-1)43-37-44(42-32-35-61-36-33-42)39-46(38-43)64-57-30-14-10-26-53(57)60(54-27-11-15-31-58(54)64)49-22-6-4-20-47(49)59(48-21-5-7-23-50(48)60)51-24-8-12-28-55(51)63(45-19-16-34-62-40-45)56-29-13-9-25-52(56)59/h1-40H. The molecule has 0 radical (unpaired) electrons. The van der Waals surface area contributed by atoms with Crippen molar-refractivity contribution in [2.24, 2.45) is 0 Å². The molecule has 10 aromatic rings. The van der Waals surface area contributed by atoms with Crippen LogP contribution in [0.3, 0.4) is 0 Å². The smallest absolute Gasteiger partial charge is 0.0748 e. The Morgan fingerprint density at radius 3 is 1.06 bits per heavy atom. The van der Waals surface area contributed by atoms with Gasteiger partial charge in [0.2, 0.25) is 0 Å². The van der Waals surface area contributed by atoms with E-state index in [-0.39, 0.29) is 0 Å². The zero-order valence-electron chi connectivity index (χ0n) is 34.9. The highest BCUT2D eigenvalue weighted by Crippen LogP contribution is 2.68. The van der Waals surface area contributed by atoms with Crippen LogP contribution in [0, 0.1) is 0 Å². The van der Waals surface area contributed by atoms with Crippen LogP contribution >= 0.6 is 0 Å². The lowest BCUT2D eigenvalue weighted by molar-refractivity contribution is 0.607. The highest BCUT2D eigenvalue weighted by Gasteiger charge is 2.58. The number of fused-ring (bicyclic) bond motifs is 14. The summed E-state index contributed by atoms with van der Waals surface area (Å²) in [5.41, 5.74) is 20.1. The van der Waals surface area contributed by atoms with E-state index >= 15 is 0 Å². The van der Waals surface area contributed by atoms with E-state index in [1.54, 1.807) is 0 Å². The van der Waals surface area contributed by atoms with E-state index in [4.69, 9.17) is 0 Å². The molecule has 1 aliphatic carbocycles. The second-order valence-corrected chi connectivity index (χ2v) is 16.9. The first-order valence-electron chi connectivity index (χ1n) is 22.0. The van der Waals surface area contributed by atoms with Crippen molar-refractivity contribution in [2.45, 2.75) is 10.8 Å². The van der Waals surface area contributed by atoms with E-state index in [1.165, 1.54) is 50.1 Å². The molecule has 64 heavy (non-hydrogen) atoms. The van der Waals surface area contributed by atoms with Crippen molar-refractivity contribution in [2.75, 3.05) is 9.80 Å². The molecule has 0 fully saturated rings. The second kappa shape index (κ2) is 14.1. The van der Waals surface area contributed by atoms with Gasteiger partial charge in [0.1, 0.15) is 0 Å². The van der Waals surface area contributed by atoms with Crippen LogP contribution in [-0.2, 0) is 10.8 Å². The topological polar surface area (TPSA) is 32.3 Å². The van der Waals surface area contributed by atoms with Gasteiger partial charge in [-0.1, -0.05) is 152 Å². The largest absolute Gasteiger partial charge is 0.310 e. The number of anilines is 6. The fourth-order valence-electron chi connectivity index (χ4n) is 11.5. The number of hydrogen-bond acceptors (Lipinski definition) is 4. The lowest BCUT2D eigenvalue weighted by atomic mass is 9.49. The van der Waals surface area contributed by atoms with Gasteiger partial charge in [-0.25, -0.2) is 0 Å². The molecule has 2 spiro atoms. The summed E-state index contributed by atoms with van der Waals surface area (Å²) in [5.74, 6) is 0. The number of rotatable bonds is 4. The molecule has 4 heteroatoms. The number of para-hydroxylation sites is 4. The summed E-state index contributed by atoms with van der Waals surface area (Å²) in [4.78, 5) is 13.9. The average molecular weight is 817 g/mol. The van der Waals surface area contributed by atoms with Gasteiger partial charge in [-0.15, -0.1) is 0 Å². The van der Waals surface area contributed by atoms with Gasteiger partial charge >= 0.3 is 0 Å². The molecular formula is C60H40N4. The molecule has 300 valence electrons. The Balaban J connectivity index is 1.12. The van der Waals surface area contributed by atoms with E-state index in [2.05, 4.69) is 232 Å². The van der Waals surface area contributed by atoms with Gasteiger partial charge in [0.05, 0.1) is 45.5 Å². The average Bonchev–Trinajstić information content (AvgIpc) is 3.38. The third kappa shape index (κ3) is 4.93. The third-order valence-corrected chi connectivity index (χ3v) is 13.9. The predicted molar refractivity (Wildman–Crippen MR) is 260 cm³/mol. The highest BCUT2D eigenvalue weighted by atomic mass is 15.2. The van der Waals surface area contributed by atoms with Gasteiger partial charge in [0.25, 0.3) is 0 Å². The minimum Gasteiger partial charge on any atom is -0.310 e. The van der Waals surface area contributed by atoms with E-state index in [0.717, 1.165) is 50.8 Å². The molecule has 0 atom stereocenters. The Labute approximate surface area is 373 Å². The zero-order valence-corrected chi connectivity index (χ0v) is 34.9. The molecule has 4 heterocycles. The molecule has 0 unspecified atom stereocenters. The lowest BCUT2D eigenvalue weighted by Gasteiger charge is -2.56. The normalized spacial score (nSPS) is 14.4. The first kappa shape index (κ1) is 36.3. The van der Waals surface area contributed by atoms with Crippen molar-refractivity contribution in [1.29, 1.82) is 0 Å². The predicted octanol–water partition coefficient (Wildman–Crippen LogP) is 14.5. The van der Waals surface area contributed by atoms with Crippen molar-refractivity contribution in [3.05, 3.63) is 288 Å². The lowest BCUT2D eigenvalue weighted by Crippen LogP contribution is -2.49. The summed E-state index contributed by atoms with van der Waals surface area (Å²) in [6, 6.07) is 81.0. The molecule has 3 aliphatic rings. The molecule has 2 aromatic heterocycles. The van der Waals surface area contributed by atoms with Gasteiger partial charge in [0, 0.05) is 24.3 Å². The number of benzene rings is 8. The monoisotopic (exact) mass is 816 g/mol. The van der Waals surface area contributed by atoms with Crippen LogP contribution in [0.5, 0.6) is 0 Å². The number of pyridine rings is 2. The molecule has 0 amide bonds. The SMILES string of the molecule is c1ccc(-c2cc(-c3ccncc3)cc(N3c4ccccc4C4(c5ccccc53)c3ccccc3C3(c5ccccc5N(c5cccnc5)c5ccccc53)c3ccccc34)c2)cc1. The summed E-state index contributed by atoms with van der Waals surface area (Å²) in [7, 11) is 0. The molecule has 4 nitrogen and oxygen atoms in total. The van der Waals surface area contributed by atoms with E-state index in [0.29, 0.717) is 0 Å². The van der Waals surface area contributed by atoms with Gasteiger partial charge in [0.15, 0.2) is 0 Å². The fraction of sp³-hybridized carbons (Fsp3) is 0.0333. The maximum absolute atomic E-state index is 4.60. The van der Waals surface area contributed by atoms with Gasteiger partial charge in [-0.05, 0) is 133 Å². The Bertz CT molecular complexity index is 3210. The van der Waals surface area contributed by atoms with Crippen molar-refractivity contribution < 1.29 is 0 Å². The second-order valence-electron chi connectivity index (χ2n) is 16.9. The van der Waals surface area contributed by atoms with E-state index in [1.807, 2.05) is 30.9 Å². The van der Waals surface area contributed by atoms with Crippen molar-refractivity contribution in [3.63, 3.8) is 0 Å². The van der Waals surface area contributed by atoms with Gasteiger partial charge in [-0.3, -0.25) is 9.97 Å². The summed E-state index contributed by atoms with van der Waals surface area (Å²) in [6.45, 7) is 0. The molecule has 0 saturated carbocycles. The molecule has 2 aliphatic heterocycles. The van der Waals surface area contributed by atoms with E-state index in [9.17, 15) is 0 Å². The Hall–Kier alpha value is -8.34. The third-order valence-electron chi connectivity index (χ3n) is 13.9. The summed E-state index contributed by atoms with van der Waals surface area (Å²) in [6.07, 6.45) is 7.58. The van der Waals surface area contributed by atoms with Crippen molar-refractivity contribution in [3.8, 4) is 22.3 Å². The quantitative estimate of drug-likeness (QED) is 0.177. The van der Waals surface area contributed by atoms with Crippen molar-refractivity contribution in [1.82, 2.24) is 9.97 Å². The Morgan fingerprint density at radius 2 is 0.641 bits per heavy atom. The van der Waals surface area contributed by atoms with Crippen LogP contribution in [0.1, 0.15) is 44.5 Å². The van der Waals surface area contributed by atoms with Crippen LogP contribution in [0.15, 0.2) is 243 Å². The molecular weight excluding hydrogens is 777 g/mol. The molecule has 0 N–H and O–H groups in total. The van der Waals surface area contributed by atoms with Gasteiger partial charge in [-0.2, -0.15) is 0 Å². The van der Waals surface area contributed by atoms with Crippen LogP contribution in [0.25, 0.3) is 22.3 Å². The number of aromatic nitrogens is 2. The molecule has 0 bridgehead atoms. The molecule has 8 aromatic carbocycles. The minimum atomic E-state index is -0.669. The minimum absolute atomic E-state index is 0.644. The Morgan fingerprint density at radius 1 is 0.266 bits per heavy atom. The summed E-state index contributed by atoms with van der Waals surface area (Å²) >= 11 is 0. The number of hydrogen-bond donors (Lipinski definition) is 0. The summed E-state index contributed by atoms with van der Waals surface area (Å²) in [5, 5.41) is 0. The van der Waals surface area contributed by atoms with Crippen LogP contribution < -0.4 is 9.80 Å². The van der Waals surface area contributed by atoms with Crippen molar-refractivity contribution >= 4 is 34.1 Å². The van der Waals surface area contributed by atoms with Crippen LogP contribution in [0.4, 0.5) is 34.1 Å². The molecule has 13 rings (SSSR count). The zero-order chi connectivity index (χ0) is 42.2.